The predicted molar refractivity (Wildman–Crippen MR) is 70.1 cm³/mol. The molecule has 2 unspecified atom stereocenters. The quantitative estimate of drug-likeness (QED) is 0.843. The third kappa shape index (κ3) is 3.99. The van der Waals surface area contributed by atoms with Gasteiger partial charge in [0.05, 0.1) is 18.2 Å². The van der Waals surface area contributed by atoms with Crippen LogP contribution in [0.25, 0.3) is 0 Å². The Balaban J connectivity index is 1.86. The zero-order chi connectivity index (χ0) is 14.6. The molecule has 0 spiro atoms. The number of hydrogen-bond donors (Lipinski definition) is 1. The van der Waals surface area contributed by atoms with Gasteiger partial charge in [-0.25, -0.2) is 0 Å². The Labute approximate surface area is 116 Å². The van der Waals surface area contributed by atoms with Gasteiger partial charge >= 0.3 is 6.18 Å². The van der Waals surface area contributed by atoms with Gasteiger partial charge in [0.2, 0.25) is 0 Å². The van der Waals surface area contributed by atoms with Crippen LogP contribution in [0.3, 0.4) is 0 Å². The smallest absolute Gasteiger partial charge is 0.377 e. The van der Waals surface area contributed by atoms with E-state index in [0.29, 0.717) is 18.2 Å². The minimum Gasteiger partial charge on any atom is -0.377 e. The van der Waals surface area contributed by atoms with Gasteiger partial charge in [0.1, 0.15) is 0 Å². The van der Waals surface area contributed by atoms with E-state index in [0.717, 1.165) is 25.2 Å². The van der Waals surface area contributed by atoms with E-state index in [1.54, 1.807) is 0 Å². The maximum atomic E-state index is 12.4. The van der Waals surface area contributed by atoms with Crippen LogP contribution in [0.5, 0.6) is 0 Å². The Morgan fingerprint density at radius 3 is 2.55 bits per heavy atom. The van der Waals surface area contributed by atoms with Crippen LogP contribution in [-0.4, -0.2) is 25.3 Å². The van der Waals surface area contributed by atoms with Gasteiger partial charge in [-0.3, -0.25) is 0 Å². The first-order valence-electron chi connectivity index (χ1n) is 6.48. The van der Waals surface area contributed by atoms with E-state index in [1.165, 1.54) is 12.1 Å². The van der Waals surface area contributed by atoms with Gasteiger partial charge in [0.25, 0.3) is 0 Å². The van der Waals surface area contributed by atoms with E-state index in [9.17, 15) is 13.2 Å². The minimum absolute atomic E-state index is 0.183. The van der Waals surface area contributed by atoms with Gasteiger partial charge in [-0.2, -0.15) is 13.2 Å². The number of alkyl halides is 3. The molecule has 2 rings (SSSR count). The second kappa shape index (κ2) is 6.29. The highest BCUT2D eigenvalue weighted by molar-refractivity contribution is 5.37. The lowest BCUT2D eigenvalue weighted by molar-refractivity contribution is -0.137. The Morgan fingerprint density at radius 1 is 1.30 bits per heavy atom. The molecule has 5 heteroatoms. The van der Waals surface area contributed by atoms with Crippen LogP contribution in [0, 0.1) is 11.8 Å². The molecule has 1 heterocycles. The fourth-order valence-corrected chi connectivity index (χ4v) is 2.07. The summed E-state index contributed by atoms with van der Waals surface area (Å²) < 4.78 is 42.5. The summed E-state index contributed by atoms with van der Waals surface area (Å²) in [6, 6.07) is 5.17. The maximum Gasteiger partial charge on any atom is 0.416 e. The van der Waals surface area contributed by atoms with Crippen molar-refractivity contribution in [3.8, 4) is 11.8 Å². The normalized spacial score (nSPS) is 22.4. The second-order valence-corrected chi connectivity index (χ2v) is 4.73. The molecule has 1 fully saturated rings. The zero-order valence-corrected chi connectivity index (χ0v) is 11.1. The topological polar surface area (TPSA) is 21.3 Å². The summed E-state index contributed by atoms with van der Waals surface area (Å²) in [6.45, 7) is 3.26. The molecule has 0 amide bonds. The third-order valence-electron chi connectivity index (χ3n) is 3.27. The molecule has 108 valence electrons. The highest BCUT2D eigenvalue weighted by Crippen LogP contribution is 2.28. The minimum atomic E-state index is -4.30. The number of benzene rings is 1. The van der Waals surface area contributed by atoms with Crippen molar-refractivity contribution < 1.29 is 17.9 Å². The zero-order valence-electron chi connectivity index (χ0n) is 11.1. The fourth-order valence-electron chi connectivity index (χ4n) is 2.07. The van der Waals surface area contributed by atoms with Crippen molar-refractivity contribution >= 4 is 0 Å². The Bertz CT molecular complexity index is 499. The summed E-state index contributed by atoms with van der Waals surface area (Å²) >= 11 is 0. The summed E-state index contributed by atoms with van der Waals surface area (Å²) in [7, 11) is 0. The van der Waals surface area contributed by atoms with Crippen molar-refractivity contribution in [3.05, 3.63) is 35.4 Å². The molecule has 0 radical (unpaired) electrons. The highest BCUT2D eigenvalue weighted by Gasteiger charge is 2.29. The van der Waals surface area contributed by atoms with E-state index in [-0.39, 0.29) is 6.10 Å². The molecule has 1 N–H and O–H groups in total. The fraction of sp³-hybridized carbons (Fsp3) is 0.467. The molecular weight excluding hydrogens is 267 g/mol. The maximum absolute atomic E-state index is 12.4. The third-order valence-corrected chi connectivity index (χ3v) is 3.27. The summed E-state index contributed by atoms with van der Waals surface area (Å²) in [5.41, 5.74) is -0.0753. The van der Waals surface area contributed by atoms with E-state index >= 15 is 0 Å². The number of nitrogens with one attached hydrogen (secondary N) is 1. The van der Waals surface area contributed by atoms with E-state index < -0.39 is 11.7 Å². The summed E-state index contributed by atoms with van der Waals surface area (Å²) in [4.78, 5) is 0. The Hall–Kier alpha value is -1.51. The van der Waals surface area contributed by atoms with Gasteiger partial charge in [0, 0.05) is 18.2 Å². The molecule has 1 aliphatic heterocycles. The molecule has 1 aromatic carbocycles. The highest BCUT2D eigenvalue weighted by atomic mass is 19.4. The lowest BCUT2D eigenvalue weighted by Gasteiger charge is -2.13. The van der Waals surface area contributed by atoms with Crippen LogP contribution in [0.2, 0.25) is 0 Å². The molecular formula is C15H16F3NO. The summed E-state index contributed by atoms with van der Waals surface area (Å²) in [6.07, 6.45) is -3.15. The van der Waals surface area contributed by atoms with E-state index in [2.05, 4.69) is 17.2 Å². The Morgan fingerprint density at radius 2 is 2.00 bits per heavy atom. The van der Waals surface area contributed by atoms with Crippen LogP contribution in [0.15, 0.2) is 24.3 Å². The average Bonchev–Trinajstić information content (AvgIpc) is 2.80. The molecule has 2 nitrogen and oxygen atoms in total. The van der Waals surface area contributed by atoms with Crippen LogP contribution < -0.4 is 5.32 Å². The van der Waals surface area contributed by atoms with Crippen molar-refractivity contribution in [1.29, 1.82) is 0 Å². The van der Waals surface area contributed by atoms with Crippen LogP contribution >= 0.6 is 0 Å². The predicted octanol–water partition coefficient (Wildman–Crippen LogP) is 2.82. The second-order valence-electron chi connectivity index (χ2n) is 4.73. The van der Waals surface area contributed by atoms with Crippen LogP contribution in [0.4, 0.5) is 13.2 Å². The molecule has 1 aromatic rings. The van der Waals surface area contributed by atoms with Gasteiger partial charge in [-0.15, -0.1) is 0 Å². The van der Waals surface area contributed by atoms with Gasteiger partial charge in [-0.05, 0) is 37.6 Å². The molecule has 0 aromatic heterocycles. The molecule has 0 saturated carbocycles. The molecule has 2 atom stereocenters. The van der Waals surface area contributed by atoms with E-state index in [1.807, 2.05) is 6.92 Å². The SMILES string of the molecule is CC1OCCC1NCC#Cc1ccc(C(F)(F)F)cc1. The lowest BCUT2D eigenvalue weighted by Crippen LogP contribution is -2.34. The first kappa shape index (κ1) is 14.9. The van der Waals surface area contributed by atoms with E-state index in [4.69, 9.17) is 4.74 Å². The molecule has 0 aliphatic carbocycles. The average molecular weight is 283 g/mol. The van der Waals surface area contributed by atoms with Gasteiger partial charge in [0.15, 0.2) is 0 Å². The first-order chi connectivity index (χ1) is 9.47. The standard InChI is InChI=1S/C15H16F3NO/c1-11-14(8-10-20-11)19-9-2-3-12-4-6-13(7-5-12)15(16,17)18/h4-7,11,14,19H,8-10H2,1H3. The van der Waals surface area contributed by atoms with Crippen LogP contribution in [0.1, 0.15) is 24.5 Å². The molecule has 1 aliphatic rings. The van der Waals surface area contributed by atoms with Gasteiger partial charge < -0.3 is 10.1 Å². The van der Waals surface area contributed by atoms with Gasteiger partial charge in [-0.1, -0.05) is 11.8 Å². The molecule has 0 bridgehead atoms. The lowest BCUT2D eigenvalue weighted by atomic mass is 10.1. The van der Waals surface area contributed by atoms with Crippen molar-refractivity contribution in [2.24, 2.45) is 0 Å². The van der Waals surface area contributed by atoms with Crippen LogP contribution in [-0.2, 0) is 10.9 Å². The largest absolute Gasteiger partial charge is 0.416 e. The van der Waals surface area contributed by atoms with Crippen molar-refractivity contribution in [2.75, 3.05) is 13.2 Å². The summed E-state index contributed by atoms with van der Waals surface area (Å²) in [5, 5.41) is 3.26. The molecule has 1 saturated heterocycles. The first-order valence-corrected chi connectivity index (χ1v) is 6.48. The summed E-state index contributed by atoms with van der Waals surface area (Å²) in [5.74, 6) is 5.75. The Kier molecular flexibility index (Phi) is 4.69. The number of ether oxygens (including phenoxy) is 1. The monoisotopic (exact) mass is 283 g/mol. The number of hydrogen-bond acceptors (Lipinski definition) is 2. The number of rotatable bonds is 2. The molecule has 20 heavy (non-hydrogen) atoms. The van der Waals surface area contributed by atoms with Crippen molar-refractivity contribution in [1.82, 2.24) is 5.32 Å². The van der Waals surface area contributed by atoms with Crippen molar-refractivity contribution in [3.63, 3.8) is 0 Å². The van der Waals surface area contributed by atoms with Crippen molar-refractivity contribution in [2.45, 2.75) is 31.7 Å². The number of halogens is 3.